The first kappa shape index (κ1) is 15.9. The van der Waals surface area contributed by atoms with Crippen LogP contribution >= 0.6 is 8.58 Å². The van der Waals surface area contributed by atoms with E-state index in [0.29, 0.717) is 0 Å². The number of methoxy groups -OCH3 is 2. The van der Waals surface area contributed by atoms with E-state index in [-0.39, 0.29) is 0 Å². The van der Waals surface area contributed by atoms with Gasteiger partial charge in [0.1, 0.15) is 11.5 Å². The van der Waals surface area contributed by atoms with Crippen LogP contribution < -0.4 is 20.1 Å². The SMILES string of the molecule is COc1c(C)cc([P]c2cc(C)c(OC)c(C)c2)cc1C. The summed E-state index contributed by atoms with van der Waals surface area (Å²) in [6.07, 6.45) is 0. The molecule has 0 aliphatic rings. The Morgan fingerprint density at radius 2 is 0.905 bits per heavy atom. The fourth-order valence-electron chi connectivity index (χ4n) is 2.78. The molecule has 2 rings (SSSR count). The molecule has 2 nitrogen and oxygen atoms in total. The van der Waals surface area contributed by atoms with E-state index in [1.54, 1.807) is 14.2 Å². The number of hydrogen-bond acceptors (Lipinski definition) is 2. The maximum atomic E-state index is 5.43. The summed E-state index contributed by atoms with van der Waals surface area (Å²) >= 11 is 0. The molecule has 0 fully saturated rings. The molecule has 0 aromatic heterocycles. The van der Waals surface area contributed by atoms with Crippen LogP contribution in [0.2, 0.25) is 0 Å². The van der Waals surface area contributed by atoms with Crippen molar-refractivity contribution in [2.75, 3.05) is 14.2 Å². The van der Waals surface area contributed by atoms with Crippen molar-refractivity contribution >= 4 is 19.2 Å². The third kappa shape index (κ3) is 3.39. The van der Waals surface area contributed by atoms with E-state index < -0.39 is 0 Å². The van der Waals surface area contributed by atoms with E-state index in [4.69, 9.17) is 9.47 Å². The number of aryl methyl sites for hydroxylation is 4. The molecule has 0 saturated heterocycles. The highest BCUT2D eigenvalue weighted by atomic mass is 31.1. The molecule has 0 aliphatic carbocycles. The summed E-state index contributed by atoms with van der Waals surface area (Å²) in [6.45, 7) is 8.37. The molecule has 0 N–H and O–H groups in total. The van der Waals surface area contributed by atoms with Crippen molar-refractivity contribution in [2.45, 2.75) is 27.7 Å². The third-order valence-electron chi connectivity index (χ3n) is 3.56. The molecule has 2 aromatic carbocycles. The lowest BCUT2D eigenvalue weighted by molar-refractivity contribution is 0.408. The Kier molecular flexibility index (Phi) is 4.90. The number of ether oxygens (including phenoxy) is 2. The Morgan fingerprint density at radius 1 is 0.619 bits per heavy atom. The normalized spacial score (nSPS) is 10.6. The Labute approximate surface area is 129 Å². The summed E-state index contributed by atoms with van der Waals surface area (Å²) in [5.74, 6) is 1.96. The van der Waals surface area contributed by atoms with E-state index in [1.807, 2.05) is 0 Å². The average molecular weight is 301 g/mol. The quantitative estimate of drug-likeness (QED) is 0.799. The van der Waals surface area contributed by atoms with Gasteiger partial charge >= 0.3 is 0 Å². The molecular formula is C18H22O2P. The summed E-state index contributed by atoms with van der Waals surface area (Å²) in [5, 5.41) is 2.57. The van der Waals surface area contributed by atoms with Crippen LogP contribution in [0.1, 0.15) is 22.3 Å². The molecule has 2 aromatic rings. The van der Waals surface area contributed by atoms with E-state index >= 15 is 0 Å². The summed E-state index contributed by atoms with van der Waals surface area (Å²) in [6, 6.07) is 8.79. The minimum atomic E-state index is 0.982. The van der Waals surface area contributed by atoms with Gasteiger partial charge in [-0.3, -0.25) is 0 Å². The maximum Gasteiger partial charge on any atom is 0.124 e. The standard InChI is InChI=1S/C18H22O2P/c1-11-7-15(8-12(2)17(11)19-5)21-16-9-13(3)18(20-6)14(4)10-16/h7-10H,1-6H3. The first-order valence-electron chi connectivity index (χ1n) is 6.98. The Morgan fingerprint density at radius 3 is 1.14 bits per heavy atom. The van der Waals surface area contributed by atoms with Gasteiger partial charge in [-0.2, -0.15) is 0 Å². The Bertz CT molecular complexity index is 559. The molecule has 3 heteroatoms. The van der Waals surface area contributed by atoms with Gasteiger partial charge in [0.05, 0.1) is 14.2 Å². The van der Waals surface area contributed by atoms with Crippen LogP contribution in [-0.4, -0.2) is 14.2 Å². The predicted molar refractivity (Wildman–Crippen MR) is 91.1 cm³/mol. The van der Waals surface area contributed by atoms with Crippen LogP contribution in [0.25, 0.3) is 0 Å². The van der Waals surface area contributed by atoms with Crippen LogP contribution in [0.5, 0.6) is 11.5 Å². The van der Waals surface area contributed by atoms with Crippen molar-refractivity contribution in [3.8, 4) is 11.5 Å². The molecule has 0 heterocycles. The van der Waals surface area contributed by atoms with Gasteiger partial charge in [-0.1, -0.05) is 0 Å². The van der Waals surface area contributed by atoms with Gasteiger partial charge in [0, 0.05) is 0 Å². The van der Waals surface area contributed by atoms with Crippen molar-refractivity contribution in [3.63, 3.8) is 0 Å². The fraction of sp³-hybridized carbons (Fsp3) is 0.333. The Balaban J connectivity index is 2.35. The smallest absolute Gasteiger partial charge is 0.124 e. The van der Waals surface area contributed by atoms with Crippen molar-refractivity contribution in [3.05, 3.63) is 46.5 Å². The van der Waals surface area contributed by atoms with Crippen LogP contribution in [0.15, 0.2) is 24.3 Å². The van der Waals surface area contributed by atoms with Crippen molar-refractivity contribution < 1.29 is 9.47 Å². The lowest BCUT2D eigenvalue weighted by atomic mass is 10.1. The minimum Gasteiger partial charge on any atom is -0.496 e. The summed E-state index contributed by atoms with van der Waals surface area (Å²) in [5.41, 5.74) is 4.73. The summed E-state index contributed by atoms with van der Waals surface area (Å²) < 4.78 is 10.9. The fourth-order valence-corrected chi connectivity index (χ4v) is 4.11. The monoisotopic (exact) mass is 301 g/mol. The first-order chi connectivity index (χ1) is 9.96. The first-order valence-corrected chi connectivity index (χ1v) is 7.88. The second-order valence-electron chi connectivity index (χ2n) is 5.34. The molecule has 0 saturated carbocycles. The van der Waals surface area contributed by atoms with Crippen LogP contribution in [0, 0.1) is 27.7 Å². The molecule has 0 bridgehead atoms. The number of benzene rings is 2. The van der Waals surface area contributed by atoms with Gasteiger partial charge in [0.2, 0.25) is 0 Å². The molecule has 0 amide bonds. The molecular weight excluding hydrogens is 279 g/mol. The second-order valence-corrected chi connectivity index (χ2v) is 6.59. The summed E-state index contributed by atoms with van der Waals surface area (Å²) in [4.78, 5) is 0. The molecule has 21 heavy (non-hydrogen) atoms. The highest BCUT2D eigenvalue weighted by Crippen LogP contribution is 2.27. The lowest BCUT2D eigenvalue weighted by Crippen LogP contribution is -2.08. The number of rotatable bonds is 4. The zero-order chi connectivity index (χ0) is 15.6. The van der Waals surface area contributed by atoms with E-state index in [2.05, 4.69) is 52.0 Å². The van der Waals surface area contributed by atoms with E-state index in [9.17, 15) is 0 Å². The Hall–Kier alpha value is -1.53. The molecule has 1 radical (unpaired) electrons. The summed E-state index contributed by atoms with van der Waals surface area (Å²) in [7, 11) is 4.66. The van der Waals surface area contributed by atoms with Gasteiger partial charge in [-0.25, -0.2) is 0 Å². The largest absolute Gasteiger partial charge is 0.496 e. The van der Waals surface area contributed by atoms with Gasteiger partial charge < -0.3 is 9.47 Å². The zero-order valence-electron chi connectivity index (χ0n) is 13.6. The van der Waals surface area contributed by atoms with Gasteiger partial charge in [-0.05, 0) is 93.4 Å². The highest BCUT2D eigenvalue weighted by Gasteiger charge is 2.09. The van der Waals surface area contributed by atoms with E-state index in [0.717, 1.165) is 11.5 Å². The second kappa shape index (κ2) is 6.49. The average Bonchev–Trinajstić information content (AvgIpc) is 2.38. The minimum absolute atomic E-state index is 0.982. The van der Waals surface area contributed by atoms with Crippen LogP contribution in [-0.2, 0) is 0 Å². The topological polar surface area (TPSA) is 18.5 Å². The van der Waals surface area contributed by atoms with Crippen LogP contribution in [0.4, 0.5) is 0 Å². The predicted octanol–water partition coefficient (Wildman–Crippen LogP) is 3.83. The molecule has 0 atom stereocenters. The molecule has 111 valence electrons. The van der Waals surface area contributed by atoms with E-state index in [1.165, 1.54) is 41.4 Å². The lowest BCUT2D eigenvalue weighted by Gasteiger charge is -2.13. The molecule has 0 unspecified atom stereocenters. The van der Waals surface area contributed by atoms with Crippen molar-refractivity contribution in [1.29, 1.82) is 0 Å². The number of hydrogen-bond donors (Lipinski definition) is 0. The zero-order valence-corrected chi connectivity index (χ0v) is 14.5. The van der Waals surface area contributed by atoms with Crippen LogP contribution in [0.3, 0.4) is 0 Å². The maximum absolute atomic E-state index is 5.43. The highest BCUT2D eigenvalue weighted by molar-refractivity contribution is 7.55. The van der Waals surface area contributed by atoms with Gasteiger partial charge in [-0.15, -0.1) is 0 Å². The molecule has 0 spiro atoms. The van der Waals surface area contributed by atoms with Crippen molar-refractivity contribution in [2.24, 2.45) is 0 Å². The third-order valence-corrected chi connectivity index (χ3v) is 4.59. The van der Waals surface area contributed by atoms with Crippen molar-refractivity contribution in [1.82, 2.24) is 0 Å². The van der Waals surface area contributed by atoms with Gasteiger partial charge in [0.15, 0.2) is 0 Å². The van der Waals surface area contributed by atoms with Gasteiger partial charge in [0.25, 0.3) is 0 Å². The molecule has 0 aliphatic heterocycles.